The van der Waals surface area contributed by atoms with Gasteiger partial charge >= 0.3 is 5.97 Å². The molecule has 0 radical (unpaired) electrons. The number of likely N-dealkylation sites (tertiary alicyclic amines) is 1. The van der Waals surface area contributed by atoms with Crippen LogP contribution in [0.4, 0.5) is 8.78 Å². The lowest BCUT2D eigenvalue weighted by molar-refractivity contribution is -0.138. The number of rotatable bonds is 8. The van der Waals surface area contributed by atoms with E-state index in [1.165, 1.54) is 24.3 Å². The molecular weight excluding hydrogens is 400 g/mol. The van der Waals surface area contributed by atoms with Gasteiger partial charge in [-0.1, -0.05) is 29.8 Å². The molecule has 2 aromatic carbocycles. The Kier molecular flexibility index (Phi) is 8.32. The molecule has 31 heavy (non-hydrogen) atoms. The molecular formula is C25H29F2NO3. The van der Waals surface area contributed by atoms with Crippen LogP contribution in [0.1, 0.15) is 43.9 Å². The molecule has 1 saturated heterocycles. The van der Waals surface area contributed by atoms with Gasteiger partial charge < -0.3 is 14.4 Å². The van der Waals surface area contributed by atoms with Gasteiger partial charge in [-0.05, 0) is 62.1 Å². The molecule has 1 aliphatic heterocycles. The Morgan fingerprint density at radius 2 is 1.48 bits per heavy atom. The van der Waals surface area contributed by atoms with E-state index in [1.807, 2.05) is 13.8 Å². The van der Waals surface area contributed by atoms with Crippen LogP contribution in [0, 0.1) is 11.6 Å². The average Bonchev–Trinajstić information content (AvgIpc) is 2.78. The third-order valence-corrected chi connectivity index (χ3v) is 5.61. The van der Waals surface area contributed by atoms with Gasteiger partial charge in [0.2, 0.25) is 0 Å². The highest BCUT2D eigenvalue weighted by molar-refractivity contribution is 5.88. The standard InChI is InChI=1S/C25H29F2NO3/c1-3-30-25(29)18(2)19-12-14-28(15-13-19)16-17-31-24(20-4-8-22(26)9-5-20)21-6-10-23(27)11-7-21/h4-11,24H,3,12-17H2,1-2H3. The second kappa shape index (κ2) is 11.2. The van der Waals surface area contributed by atoms with Crippen molar-refractivity contribution in [2.45, 2.75) is 32.8 Å². The zero-order valence-corrected chi connectivity index (χ0v) is 18.1. The number of benzene rings is 2. The number of carbonyl (C=O) groups is 1. The van der Waals surface area contributed by atoms with Gasteiger partial charge in [0.15, 0.2) is 0 Å². The number of hydrogen-bond acceptors (Lipinski definition) is 4. The van der Waals surface area contributed by atoms with E-state index in [9.17, 15) is 13.6 Å². The molecule has 0 N–H and O–H groups in total. The number of carbonyl (C=O) groups excluding carboxylic acids is 1. The third-order valence-electron chi connectivity index (χ3n) is 5.61. The summed E-state index contributed by atoms with van der Waals surface area (Å²) < 4.78 is 38.0. The van der Waals surface area contributed by atoms with Gasteiger partial charge in [-0.3, -0.25) is 0 Å². The topological polar surface area (TPSA) is 38.8 Å². The minimum atomic E-state index is -0.396. The lowest BCUT2D eigenvalue weighted by Crippen LogP contribution is -2.34. The first-order valence-corrected chi connectivity index (χ1v) is 10.7. The molecule has 1 fully saturated rings. The van der Waals surface area contributed by atoms with Crippen molar-refractivity contribution in [2.75, 3.05) is 32.8 Å². The summed E-state index contributed by atoms with van der Waals surface area (Å²) in [6.45, 7) is 6.96. The summed E-state index contributed by atoms with van der Waals surface area (Å²) in [6.07, 6.45) is 1.28. The highest BCUT2D eigenvalue weighted by Gasteiger charge is 2.20. The van der Waals surface area contributed by atoms with Crippen molar-refractivity contribution in [2.24, 2.45) is 0 Å². The Morgan fingerprint density at radius 3 is 1.97 bits per heavy atom. The van der Waals surface area contributed by atoms with Crippen molar-refractivity contribution in [3.05, 3.63) is 82.4 Å². The van der Waals surface area contributed by atoms with E-state index in [0.29, 0.717) is 13.2 Å². The fourth-order valence-corrected chi connectivity index (χ4v) is 3.76. The molecule has 0 unspecified atom stereocenters. The summed E-state index contributed by atoms with van der Waals surface area (Å²) in [5.74, 6) is -0.843. The van der Waals surface area contributed by atoms with E-state index in [1.54, 1.807) is 24.3 Å². The molecule has 0 bridgehead atoms. The lowest BCUT2D eigenvalue weighted by Gasteiger charge is -2.29. The lowest BCUT2D eigenvalue weighted by atomic mass is 9.98. The molecule has 1 aliphatic rings. The van der Waals surface area contributed by atoms with Crippen LogP contribution in [0.5, 0.6) is 0 Å². The predicted molar refractivity (Wildman–Crippen MR) is 116 cm³/mol. The van der Waals surface area contributed by atoms with E-state index in [0.717, 1.165) is 54.7 Å². The zero-order valence-electron chi connectivity index (χ0n) is 18.1. The maximum absolute atomic E-state index is 13.4. The summed E-state index contributed by atoms with van der Waals surface area (Å²) in [6, 6.07) is 12.4. The fraction of sp³-hybridized carbons (Fsp3) is 0.400. The minimum Gasteiger partial charge on any atom is -0.463 e. The van der Waals surface area contributed by atoms with Crippen LogP contribution in [0.15, 0.2) is 59.7 Å². The number of piperidine rings is 1. The number of esters is 1. The molecule has 4 nitrogen and oxygen atoms in total. The van der Waals surface area contributed by atoms with Gasteiger partial charge in [-0.2, -0.15) is 0 Å². The largest absolute Gasteiger partial charge is 0.463 e. The van der Waals surface area contributed by atoms with Crippen molar-refractivity contribution in [3.63, 3.8) is 0 Å². The van der Waals surface area contributed by atoms with Crippen LogP contribution < -0.4 is 0 Å². The number of hydrogen-bond donors (Lipinski definition) is 0. The van der Waals surface area contributed by atoms with Crippen molar-refractivity contribution in [1.82, 2.24) is 4.90 Å². The first-order chi connectivity index (χ1) is 15.0. The Balaban J connectivity index is 1.58. The van der Waals surface area contributed by atoms with Gasteiger partial charge in [0, 0.05) is 25.2 Å². The van der Waals surface area contributed by atoms with Gasteiger partial charge in [0.1, 0.15) is 17.7 Å². The van der Waals surface area contributed by atoms with Crippen molar-refractivity contribution >= 4 is 5.97 Å². The molecule has 1 heterocycles. The Bertz CT molecular complexity index is 838. The van der Waals surface area contributed by atoms with E-state index >= 15 is 0 Å². The van der Waals surface area contributed by atoms with Crippen LogP contribution in [-0.2, 0) is 14.3 Å². The Morgan fingerprint density at radius 1 is 0.968 bits per heavy atom. The van der Waals surface area contributed by atoms with Gasteiger partial charge in [0.05, 0.1) is 13.2 Å². The molecule has 166 valence electrons. The highest BCUT2D eigenvalue weighted by Crippen LogP contribution is 2.27. The molecule has 0 amide bonds. The first kappa shape index (κ1) is 23.1. The van der Waals surface area contributed by atoms with Gasteiger partial charge in [0.25, 0.3) is 0 Å². The van der Waals surface area contributed by atoms with Crippen LogP contribution in [-0.4, -0.2) is 43.7 Å². The average molecular weight is 430 g/mol. The fourth-order valence-electron chi connectivity index (χ4n) is 3.76. The Hall–Kier alpha value is -2.57. The van der Waals surface area contributed by atoms with Gasteiger partial charge in [-0.25, -0.2) is 13.6 Å². The number of halogens is 2. The second-order valence-corrected chi connectivity index (χ2v) is 7.64. The van der Waals surface area contributed by atoms with E-state index < -0.39 is 6.10 Å². The summed E-state index contributed by atoms with van der Waals surface area (Å²) in [5.41, 5.74) is 3.53. The molecule has 0 spiro atoms. The molecule has 2 aromatic rings. The maximum Gasteiger partial charge on any atom is 0.333 e. The van der Waals surface area contributed by atoms with Crippen molar-refractivity contribution in [3.8, 4) is 0 Å². The van der Waals surface area contributed by atoms with Crippen LogP contribution in [0.2, 0.25) is 0 Å². The van der Waals surface area contributed by atoms with E-state index in [4.69, 9.17) is 9.47 Å². The second-order valence-electron chi connectivity index (χ2n) is 7.64. The third kappa shape index (κ3) is 6.45. The smallest absolute Gasteiger partial charge is 0.333 e. The summed E-state index contributed by atoms with van der Waals surface area (Å²) in [7, 11) is 0. The number of ether oxygens (including phenoxy) is 2. The van der Waals surface area contributed by atoms with Crippen molar-refractivity contribution in [1.29, 1.82) is 0 Å². The molecule has 3 rings (SSSR count). The van der Waals surface area contributed by atoms with Crippen LogP contribution in [0.3, 0.4) is 0 Å². The SMILES string of the molecule is CCOC(=O)C(C)=C1CCN(CCOC(c2ccc(F)cc2)c2ccc(F)cc2)CC1. The maximum atomic E-state index is 13.4. The molecule has 6 heteroatoms. The van der Waals surface area contributed by atoms with Crippen molar-refractivity contribution < 1.29 is 23.0 Å². The molecule has 0 aliphatic carbocycles. The summed E-state index contributed by atoms with van der Waals surface area (Å²) >= 11 is 0. The molecule has 0 aromatic heterocycles. The monoisotopic (exact) mass is 429 g/mol. The highest BCUT2D eigenvalue weighted by atomic mass is 19.1. The van der Waals surface area contributed by atoms with Crippen LogP contribution >= 0.6 is 0 Å². The quantitative estimate of drug-likeness (QED) is 0.435. The summed E-state index contributed by atoms with van der Waals surface area (Å²) in [4.78, 5) is 14.2. The molecule has 0 saturated carbocycles. The Labute approximate surface area is 182 Å². The zero-order chi connectivity index (χ0) is 22.2. The van der Waals surface area contributed by atoms with Gasteiger partial charge in [-0.15, -0.1) is 0 Å². The molecule has 0 atom stereocenters. The summed E-state index contributed by atoms with van der Waals surface area (Å²) in [5, 5.41) is 0. The van der Waals surface area contributed by atoms with E-state index in [2.05, 4.69) is 4.90 Å². The predicted octanol–water partition coefficient (Wildman–Crippen LogP) is 5.05. The normalized spacial score (nSPS) is 14.7. The van der Waals surface area contributed by atoms with E-state index in [-0.39, 0.29) is 17.6 Å². The minimum absolute atomic E-state index is 0.226. The van der Waals surface area contributed by atoms with Crippen LogP contribution in [0.25, 0.3) is 0 Å². The first-order valence-electron chi connectivity index (χ1n) is 10.7. The number of nitrogens with zero attached hydrogens (tertiary/aromatic N) is 1.